The highest BCUT2D eigenvalue weighted by molar-refractivity contribution is 5.95. The van der Waals surface area contributed by atoms with E-state index in [4.69, 9.17) is 0 Å². The number of hydrogen-bond donors (Lipinski definition) is 1. The third kappa shape index (κ3) is 3.08. The average molecular weight is 219 g/mol. The predicted octanol–water partition coefficient (Wildman–Crippen LogP) is 2.13. The standard InChI is InChI=1S/C12H17N3O/c1-9(13-3)15(4)12-7-5-11(6-8-12)14-10(2)16/h5-8H,1-4H3,(H,14,16). The first kappa shape index (κ1) is 12.2. The molecule has 0 atom stereocenters. The lowest BCUT2D eigenvalue weighted by Gasteiger charge is -2.18. The first-order valence-electron chi connectivity index (χ1n) is 5.09. The van der Waals surface area contributed by atoms with Crippen LogP contribution < -0.4 is 10.2 Å². The molecule has 1 amide bonds. The van der Waals surface area contributed by atoms with Gasteiger partial charge in [0.25, 0.3) is 0 Å². The SMILES string of the molecule is CN=C(C)N(C)c1ccc(NC(C)=O)cc1. The molecule has 86 valence electrons. The summed E-state index contributed by atoms with van der Waals surface area (Å²) in [6.45, 7) is 3.44. The van der Waals surface area contributed by atoms with Crippen molar-refractivity contribution in [3.05, 3.63) is 24.3 Å². The van der Waals surface area contributed by atoms with Gasteiger partial charge in [0.2, 0.25) is 5.91 Å². The van der Waals surface area contributed by atoms with Gasteiger partial charge in [-0.15, -0.1) is 0 Å². The molecule has 0 aliphatic rings. The zero-order valence-electron chi connectivity index (χ0n) is 10.1. The lowest BCUT2D eigenvalue weighted by atomic mass is 10.2. The van der Waals surface area contributed by atoms with E-state index in [0.717, 1.165) is 17.2 Å². The molecule has 0 radical (unpaired) electrons. The maximum absolute atomic E-state index is 10.8. The Morgan fingerprint density at radius 1 is 1.25 bits per heavy atom. The van der Waals surface area contributed by atoms with Gasteiger partial charge >= 0.3 is 0 Å². The number of amides is 1. The summed E-state index contributed by atoms with van der Waals surface area (Å²) in [6.07, 6.45) is 0. The third-order valence-corrected chi connectivity index (χ3v) is 2.38. The lowest BCUT2D eigenvalue weighted by molar-refractivity contribution is -0.114. The number of amidine groups is 1. The fourth-order valence-electron chi connectivity index (χ4n) is 1.31. The van der Waals surface area contributed by atoms with Crippen LogP contribution in [-0.2, 0) is 4.79 Å². The van der Waals surface area contributed by atoms with E-state index < -0.39 is 0 Å². The minimum atomic E-state index is -0.0626. The number of nitrogens with zero attached hydrogens (tertiary/aromatic N) is 2. The largest absolute Gasteiger partial charge is 0.334 e. The number of hydrogen-bond acceptors (Lipinski definition) is 2. The highest BCUT2D eigenvalue weighted by atomic mass is 16.1. The van der Waals surface area contributed by atoms with Crippen LogP contribution in [0.2, 0.25) is 0 Å². The summed E-state index contributed by atoms with van der Waals surface area (Å²) in [5.74, 6) is 0.875. The van der Waals surface area contributed by atoms with E-state index in [1.54, 1.807) is 7.05 Å². The molecule has 1 aromatic carbocycles. The van der Waals surface area contributed by atoms with Crippen molar-refractivity contribution in [2.75, 3.05) is 24.3 Å². The molecule has 0 unspecified atom stereocenters. The van der Waals surface area contributed by atoms with Crippen LogP contribution in [-0.4, -0.2) is 25.8 Å². The third-order valence-electron chi connectivity index (χ3n) is 2.38. The number of nitrogens with one attached hydrogen (secondary N) is 1. The summed E-state index contributed by atoms with van der Waals surface area (Å²) < 4.78 is 0. The number of carbonyl (C=O) groups excluding carboxylic acids is 1. The zero-order valence-corrected chi connectivity index (χ0v) is 10.1. The first-order chi connectivity index (χ1) is 7.54. The van der Waals surface area contributed by atoms with Crippen molar-refractivity contribution < 1.29 is 4.79 Å². The van der Waals surface area contributed by atoms with Crippen molar-refractivity contribution in [2.45, 2.75) is 13.8 Å². The first-order valence-corrected chi connectivity index (χ1v) is 5.09. The molecule has 0 heterocycles. The molecule has 0 fully saturated rings. The maximum Gasteiger partial charge on any atom is 0.221 e. The smallest absolute Gasteiger partial charge is 0.221 e. The van der Waals surface area contributed by atoms with Gasteiger partial charge in [-0.25, -0.2) is 0 Å². The minimum absolute atomic E-state index is 0.0626. The molecular weight excluding hydrogens is 202 g/mol. The van der Waals surface area contributed by atoms with Crippen molar-refractivity contribution in [2.24, 2.45) is 4.99 Å². The van der Waals surface area contributed by atoms with Gasteiger partial charge in [0, 0.05) is 32.4 Å². The van der Waals surface area contributed by atoms with Crippen LogP contribution in [0.3, 0.4) is 0 Å². The van der Waals surface area contributed by atoms with Crippen molar-refractivity contribution in [1.82, 2.24) is 0 Å². The van der Waals surface area contributed by atoms with Gasteiger partial charge < -0.3 is 10.2 Å². The van der Waals surface area contributed by atoms with E-state index in [0.29, 0.717) is 0 Å². The zero-order chi connectivity index (χ0) is 12.1. The normalized spacial score (nSPS) is 11.1. The van der Waals surface area contributed by atoms with Crippen molar-refractivity contribution in [3.8, 4) is 0 Å². The van der Waals surface area contributed by atoms with Gasteiger partial charge in [-0.1, -0.05) is 0 Å². The van der Waals surface area contributed by atoms with Crippen LogP contribution >= 0.6 is 0 Å². The molecule has 0 bridgehead atoms. The van der Waals surface area contributed by atoms with E-state index in [1.165, 1.54) is 6.92 Å². The summed E-state index contributed by atoms with van der Waals surface area (Å²) >= 11 is 0. The Labute approximate surface area is 96.0 Å². The molecule has 1 aromatic rings. The number of aliphatic imine (C=N–C) groups is 1. The molecule has 1 N–H and O–H groups in total. The van der Waals surface area contributed by atoms with Crippen LogP contribution in [0, 0.1) is 0 Å². The number of benzene rings is 1. The van der Waals surface area contributed by atoms with Crippen LogP contribution in [0.1, 0.15) is 13.8 Å². The molecule has 0 saturated heterocycles. The molecule has 4 nitrogen and oxygen atoms in total. The highest BCUT2D eigenvalue weighted by Crippen LogP contribution is 2.17. The molecule has 0 saturated carbocycles. The second-order valence-electron chi connectivity index (χ2n) is 3.56. The topological polar surface area (TPSA) is 44.7 Å². The summed E-state index contributed by atoms with van der Waals surface area (Å²) in [6, 6.07) is 7.63. The maximum atomic E-state index is 10.8. The second-order valence-corrected chi connectivity index (χ2v) is 3.56. The van der Waals surface area contributed by atoms with Gasteiger partial charge in [-0.3, -0.25) is 9.79 Å². The van der Waals surface area contributed by atoms with Crippen LogP contribution in [0.5, 0.6) is 0 Å². The fourth-order valence-corrected chi connectivity index (χ4v) is 1.31. The molecule has 0 aliphatic carbocycles. The van der Waals surface area contributed by atoms with Crippen LogP contribution in [0.25, 0.3) is 0 Å². The summed E-state index contributed by atoms with van der Waals surface area (Å²) in [7, 11) is 3.72. The highest BCUT2D eigenvalue weighted by Gasteiger charge is 2.03. The van der Waals surface area contributed by atoms with Crippen molar-refractivity contribution in [1.29, 1.82) is 0 Å². The Morgan fingerprint density at radius 3 is 2.25 bits per heavy atom. The van der Waals surface area contributed by atoms with Gasteiger partial charge in [0.15, 0.2) is 0 Å². The van der Waals surface area contributed by atoms with Crippen LogP contribution in [0.4, 0.5) is 11.4 Å². The van der Waals surface area contributed by atoms with E-state index in [2.05, 4.69) is 10.3 Å². The Hall–Kier alpha value is -1.84. The number of carbonyl (C=O) groups is 1. The Balaban J connectivity index is 2.82. The predicted molar refractivity (Wildman–Crippen MR) is 68.2 cm³/mol. The van der Waals surface area contributed by atoms with Gasteiger partial charge in [-0.2, -0.15) is 0 Å². The molecule has 4 heteroatoms. The van der Waals surface area contributed by atoms with E-state index in [-0.39, 0.29) is 5.91 Å². The van der Waals surface area contributed by atoms with Gasteiger partial charge in [0.05, 0.1) is 5.84 Å². The second kappa shape index (κ2) is 5.30. The van der Waals surface area contributed by atoms with Gasteiger partial charge in [-0.05, 0) is 31.2 Å². The minimum Gasteiger partial charge on any atom is -0.334 e. The molecular formula is C12H17N3O. The fraction of sp³-hybridized carbons (Fsp3) is 0.333. The number of anilines is 2. The van der Waals surface area contributed by atoms with E-state index in [9.17, 15) is 4.79 Å². The van der Waals surface area contributed by atoms with Crippen molar-refractivity contribution >= 4 is 23.1 Å². The van der Waals surface area contributed by atoms with Crippen molar-refractivity contribution in [3.63, 3.8) is 0 Å². The summed E-state index contributed by atoms with van der Waals surface area (Å²) in [5.41, 5.74) is 1.84. The average Bonchev–Trinajstić information content (AvgIpc) is 2.27. The van der Waals surface area contributed by atoms with Crippen LogP contribution in [0.15, 0.2) is 29.3 Å². The monoisotopic (exact) mass is 219 g/mol. The molecule has 0 spiro atoms. The number of rotatable bonds is 2. The lowest BCUT2D eigenvalue weighted by Crippen LogP contribution is -2.23. The summed E-state index contributed by atoms with van der Waals surface area (Å²) in [4.78, 5) is 16.9. The van der Waals surface area contributed by atoms with E-state index in [1.807, 2.05) is 43.1 Å². The quantitative estimate of drug-likeness (QED) is 0.611. The van der Waals surface area contributed by atoms with E-state index >= 15 is 0 Å². The molecule has 16 heavy (non-hydrogen) atoms. The Bertz CT molecular complexity index is 395. The molecule has 0 aliphatic heterocycles. The Morgan fingerprint density at radius 2 is 1.81 bits per heavy atom. The Kier molecular flexibility index (Phi) is 4.05. The molecule has 1 rings (SSSR count). The summed E-state index contributed by atoms with van der Waals surface area (Å²) in [5, 5.41) is 2.73. The molecule has 0 aromatic heterocycles. The van der Waals surface area contributed by atoms with Gasteiger partial charge in [0.1, 0.15) is 0 Å².